The Morgan fingerprint density at radius 2 is 1.39 bits per heavy atom. The number of hydrogen-bond acceptors (Lipinski definition) is 3. The monoisotopic (exact) mass is 323 g/mol. The highest BCUT2D eigenvalue weighted by Crippen LogP contribution is 2.31. The zero-order valence-corrected chi connectivity index (χ0v) is 15.1. The predicted molar refractivity (Wildman–Crippen MR) is 92.1 cm³/mol. The lowest BCUT2D eigenvalue weighted by Gasteiger charge is -2.37. The van der Waals surface area contributed by atoms with Crippen molar-refractivity contribution >= 4 is 11.8 Å². The maximum absolute atomic E-state index is 12.7. The van der Waals surface area contributed by atoms with E-state index in [9.17, 15) is 9.59 Å². The van der Waals surface area contributed by atoms with Gasteiger partial charge in [0.1, 0.15) is 0 Å². The Kier molecular flexibility index (Phi) is 6.88. The van der Waals surface area contributed by atoms with Gasteiger partial charge in [-0.2, -0.15) is 0 Å². The molecule has 0 bridgehead atoms. The molecule has 2 aliphatic rings. The lowest BCUT2D eigenvalue weighted by Crippen LogP contribution is -2.50. The molecule has 0 N–H and O–H groups in total. The molecule has 5 heteroatoms. The van der Waals surface area contributed by atoms with E-state index in [4.69, 9.17) is 0 Å². The topological polar surface area (TPSA) is 43.9 Å². The summed E-state index contributed by atoms with van der Waals surface area (Å²) in [5.74, 6) is 0.895. The third-order valence-electron chi connectivity index (χ3n) is 5.63. The van der Waals surface area contributed by atoms with Gasteiger partial charge in [-0.15, -0.1) is 0 Å². The Morgan fingerprint density at radius 3 is 1.87 bits per heavy atom. The van der Waals surface area contributed by atoms with Crippen LogP contribution in [0.5, 0.6) is 0 Å². The molecule has 2 fully saturated rings. The molecule has 5 nitrogen and oxygen atoms in total. The van der Waals surface area contributed by atoms with E-state index in [0.717, 1.165) is 71.5 Å². The van der Waals surface area contributed by atoms with E-state index in [1.807, 2.05) is 23.6 Å². The Balaban J connectivity index is 1.80. The second kappa shape index (κ2) is 8.67. The number of carbonyl (C=O) groups is 2. The molecule has 0 atom stereocenters. The van der Waals surface area contributed by atoms with Crippen molar-refractivity contribution in [1.29, 1.82) is 0 Å². The van der Waals surface area contributed by atoms with Crippen LogP contribution in [0.25, 0.3) is 0 Å². The van der Waals surface area contributed by atoms with E-state index in [1.54, 1.807) is 0 Å². The van der Waals surface area contributed by atoms with E-state index < -0.39 is 0 Å². The minimum atomic E-state index is 0.135. The first-order valence-electron chi connectivity index (χ1n) is 9.40. The van der Waals surface area contributed by atoms with Gasteiger partial charge in [-0.3, -0.25) is 9.59 Å². The molecule has 1 heterocycles. The SMILES string of the molecule is CCN1CCN(C(=O)C2CCC(C(=O)N(CC)CC)CC2)CC1. The number of likely N-dealkylation sites (N-methyl/N-ethyl adjacent to an activating group) is 1. The summed E-state index contributed by atoms with van der Waals surface area (Å²) in [5, 5.41) is 0. The van der Waals surface area contributed by atoms with E-state index in [0.29, 0.717) is 5.91 Å². The molecule has 1 saturated heterocycles. The fourth-order valence-electron chi connectivity index (χ4n) is 3.92. The quantitative estimate of drug-likeness (QED) is 0.775. The van der Waals surface area contributed by atoms with Crippen LogP contribution in [0.15, 0.2) is 0 Å². The first kappa shape index (κ1) is 18.2. The minimum Gasteiger partial charge on any atom is -0.343 e. The molecule has 1 saturated carbocycles. The highest BCUT2D eigenvalue weighted by molar-refractivity contribution is 5.81. The average Bonchev–Trinajstić information content (AvgIpc) is 2.62. The molecule has 0 aromatic rings. The zero-order chi connectivity index (χ0) is 16.8. The molecule has 1 aliphatic heterocycles. The van der Waals surface area contributed by atoms with Crippen molar-refractivity contribution in [2.75, 3.05) is 45.8 Å². The lowest BCUT2D eigenvalue weighted by atomic mass is 9.80. The molecular formula is C18H33N3O2. The molecule has 0 radical (unpaired) electrons. The fourth-order valence-corrected chi connectivity index (χ4v) is 3.92. The van der Waals surface area contributed by atoms with Gasteiger partial charge in [0.25, 0.3) is 0 Å². The largest absolute Gasteiger partial charge is 0.343 e. The zero-order valence-electron chi connectivity index (χ0n) is 15.1. The van der Waals surface area contributed by atoms with Crippen LogP contribution in [0.2, 0.25) is 0 Å². The molecule has 0 spiro atoms. The van der Waals surface area contributed by atoms with Crippen molar-refractivity contribution in [2.24, 2.45) is 11.8 Å². The van der Waals surface area contributed by atoms with Crippen LogP contribution in [-0.2, 0) is 9.59 Å². The van der Waals surface area contributed by atoms with Crippen LogP contribution in [0.3, 0.4) is 0 Å². The smallest absolute Gasteiger partial charge is 0.225 e. The van der Waals surface area contributed by atoms with Crippen molar-refractivity contribution in [3.05, 3.63) is 0 Å². The van der Waals surface area contributed by atoms with Crippen LogP contribution in [0.1, 0.15) is 46.5 Å². The van der Waals surface area contributed by atoms with Gasteiger partial charge in [-0.25, -0.2) is 0 Å². The summed E-state index contributed by atoms with van der Waals surface area (Å²) >= 11 is 0. The van der Waals surface area contributed by atoms with E-state index in [-0.39, 0.29) is 17.7 Å². The van der Waals surface area contributed by atoms with Crippen LogP contribution in [0, 0.1) is 11.8 Å². The average molecular weight is 323 g/mol. The minimum absolute atomic E-state index is 0.135. The normalized spacial score (nSPS) is 26.1. The van der Waals surface area contributed by atoms with Gasteiger partial charge in [0, 0.05) is 51.1 Å². The van der Waals surface area contributed by atoms with Crippen molar-refractivity contribution < 1.29 is 9.59 Å². The third kappa shape index (κ3) is 4.46. The number of amides is 2. The molecule has 2 rings (SSSR count). The Hall–Kier alpha value is -1.10. The molecule has 0 aromatic heterocycles. The number of carbonyl (C=O) groups excluding carboxylic acids is 2. The summed E-state index contributed by atoms with van der Waals surface area (Å²) in [7, 11) is 0. The molecule has 1 aliphatic carbocycles. The van der Waals surface area contributed by atoms with E-state index >= 15 is 0 Å². The third-order valence-corrected chi connectivity index (χ3v) is 5.63. The van der Waals surface area contributed by atoms with Crippen molar-refractivity contribution in [3.63, 3.8) is 0 Å². The summed E-state index contributed by atoms with van der Waals surface area (Å²) in [6.45, 7) is 12.6. The summed E-state index contributed by atoms with van der Waals surface area (Å²) < 4.78 is 0. The molecule has 132 valence electrons. The molecule has 0 aromatic carbocycles. The summed E-state index contributed by atoms with van der Waals surface area (Å²) in [5.41, 5.74) is 0. The Morgan fingerprint density at radius 1 is 0.870 bits per heavy atom. The second-order valence-electron chi connectivity index (χ2n) is 6.82. The van der Waals surface area contributed by atoms with Gasteiger partial charge in [-0.05, 0) is 46.1 Å². The highest BCUT2D eigenvalue weighted by atomic mass is 16.2. The maximum Gasteiger partial charge on any atom is 0.225 e. The van der Waals surface area contributed by atoms with Gasteiger partial charge in [0.15, 0.2) is 0 Å². The highest BCUT2D eigenvalue weighted by Gasteiger charge is 2.34. The molecular weight excluding hydrogens is 290 g/mol. The first-order valence-corrected chi connectivity index (χ1v) is 9.40. The first-order chi connectivity index (χ1) is 11.1. The van der Waals surface area contributed by atoms with Crippen LogP contribution in [-0.4, -0.2) is 72.3 Å². The van der Waals surface area contributed by atoms with Crippen molar-refractivity contribution in [1.82, 2.24) is 14.7 Å². The van der Waals surface area contributed by atoms with Gasteiger partial charge in [0.2, 0.25) is 11.8 Å². The number of nitrogens with zero attached hydrogens (tertiary/aromatic N) is 3. The molecule has 2 amide bonds. The van der Waals surface area contributed by atoms with Crippen LogP contribution < -0.4 is 0 Å². The lowest BCUT2D eigenvalue weighted by molar-refractivity contribution is -0.142. The predicted octanol–water partition coefficient (Wildman–Crippen LogP) is 1.83. The summed E-state index contributed by atoms with van der Waals surface area (Å²) in [4.78, 5) is 31.5. The summed E-state index contributed by atoms with van der Waals surface area (Å²) in [6.07, 6.45) is 3.51. The Bertz CT molecular complexity index is 393. The standard InChI is InChI=1S/C18H33N3O2/c1-4-19-11-13-21(14-12-19)18(23)16-9-7-15(8-10-16)17(22)20(5-2)6-3/h15-16H,4-14H2,1-3H3. The van der Waals surface area contributed by atoms with Gasteiger partial charge < -0.3 is 14.7 Å². The number of hydrogen-bond donors (Lipinski definition) is 0. The second-order valence-corrected chi connectivity index (χ2v) is 6.82. The van der Waals surface area contributed by atoms with E-state index in [1.165, 1.54) is 0 Å². The maximum atomic E-state index is 12.7. The van der Waals surface area contributed by atoms with Crippen LogP contribution in [0.4, 0.5) is 0 Å². The van der Waals surface area contributed by atoms with Crippen LogP contribution >= 0.6 is 0 Å². The van der Waals surface area contributed by atoms with E-state index in [2.05, 4.69) is 11.8 Å². The fraction of sp³-hybridized carbons (Fsp3) is 0.889. The number of piperazine rings is 1. The summed E-state index contributed by atoms with van der Waals surface area (Å²) in [6, 6.07) is 0. The Labute approximate surface area is 141 Å². The van der Waals surface area contributed by atoms with Crippen molar-refractivity contribution in [3.8, 4) is 0 Å². The van der Waals surface area contributed by atoms with Crippen molar-refractivity contribution in [2.45, 2.75) is 46.5 Å². The van der Waals surface area contributed by atoms with Gasteiger partial charge in [-0.1, -0.05) is 6.92 Å². The molecule has 0 unspecified atom stereocenters. The van der Waals surface area contributed by atoms with Gasteiger partial charge in [0.05, 0.1) is 0 Å². The molecule has 23 heavy (non-hydrogen) atoms. The van der Waals surface area contributed by atoms with Gasteiger partial charge >= 0.3 is 0 Å². The number of rotatable bonds is 5.